The van der Waals surface area contributed by atoms with E-state index in [1.807, 2.05) is 60.7 Å². The number of carbonyl (C=O) groups is 2. The minimum absolute atomic E-state index is 0.0220. The molecule has 3 rings (SSSR count). The van der Waals surface area contributed by atoms with Crippen molar-refractivity contribution in [3.05, 3.63) is 102 Å². The number of benzene rings is 2. The van der Waals surface area contributed by atoms with Crippen molar-refractivity contribution in [2.24, 2.45) is 0 Å². The molecule has 26 heavy (non-hydrogen) atoms. The number of Topliss-reactive ketones (excluding diaryl/α,β-unsaturated/α-hetero) is 1. The molecule has 3 aromatic rings. The van der Waals surface area contributed by atoms with Crippen LogP contribution in [-0.4, -0.2) is 11.7 Å². The van der Waals surface area contributed by atoms with Gasteiger partial charge in [-0.2, -0.15) is 4.57 Å². The van der Waals surface area contributed by atoms with E-state index in [0.29, 0.717) is 5.56 Å². The molecule has 0 atom stereocenters. The quantitative estimate of drug-likeness (QED) is 0.551. The zero-order valence-corrected chi connectivity index (χ0v) is 14.6. The number of pyridine rings is 1. The maximum absolute atomic E-state index is 12.6. The first-order chi connectivity index (χ1) is 12.6. The second kappa shape index (κ2) is 8.21. The van der Waals surface area contributed by atoms with Crippen LogP contribution in [0.2, 0.25) is 0 Å². The molecule has 1 aromatic heterocycles. The van der Waals surface area contributed by atoms with Crippen LogP contribution >= 0.6 is 0 Å². The predicted molar refractivity (Wildman–Crippen MR) is 99.5 cm³/mol. The van der Waals surface area contributed by atoms with Gasteiger partial charge in [-0.1, -0.05) is 60.7 Å². The molecular weight excluding hydrogens is 324 g/mol. The zero-order chi connectivity index (χ0) is 18.4. The van der Waals surface area contributed by atoms with Crippen molar-refractivity contribution in [1.29, 1.82) is 0 Å². The highest BCUT2D eigenvalue weighted by atomic mass is 16.2. The third-order valence-corrected chi connectivity index (χ3v) is 4.16. The summed E-state index contributed by atoms with van der Waals surface area (Å²) in [6.45, 7) is 1.66. The Morgan fingerprint density at radius 2 is 1.46 bits per heavy atom. The highest BCUT2D eigenvalue weighted by molar-refractivity contribution is 5.93. The van der Waals surface area contributed by atoms with Gasteiger partial charge < -0.3 is 5.32 Å². The molecule has 0 aliphatic carbocycles. The third kappa shape index (κ3) is 4.42. The van der Waals surface area contributed by atoms with Crippen molar-refractivity contribution in [2.75, 3.05) is 0 Å². The maximum Gasteiger partial charge on any atom is 0.286 e. The summed E-state index contributed by atoms with van der Waals surface area (Å²) in [5, 5.41) is 3.10. The normalized spacial score (nSPS) is 10.5. The molecule has 0 aliphatic rings. The number of rotatable bonds is 6. The molecule has 0 saturated heterocycles. The average molecular weight is 345 g/mol. The summed E-state index contributed by atoms with van der Waals surface area (Å²) >= 11 is 0. The molecule has 1 amide bonds. The van der Waals surface area contributed by atoms with E-state index in [9.17, 15) is 9.59 Å². The van der Waals surface area contributed by atoms with Crippen LogP contribution in [0.1, 0.15) is 34.5 Å². The first kappa shape index (κ1) is 17.5. The van der Waals surface area contributed by atoms with Crippen molar-refractivity contribution in [1.82, 2.24) is 5.32 Å². The number of aromatic nitrogens is 1. The second-order valence-electron chi connectivity index (χ2n) is 6.14. The van der Waals surface area contributed by atoms with Crippen LogP contribution in [0.3, 0.4) is 0 Å². The van der Waals surface area contributed by atoms with E-state index in [1.165, 1.54) is 6.92 Å². The number of ketones is 1. The van der Waals surface area contributed by atoms with Crippen LogP contribution < -0.4 is 9.88 Å². The Morgan fingerprint density at radius 3 is 2.00 bits per heavy atom. The molecule has 0 unspecified atom stereocenters. The summed E-state index contributed by atoms with van der Waals surface area (Å²) < 4.78 is 1.72. The summed E-state index contributed by atoms with van der Waals surface area (Å²) in [4.78, 5) is 24.2. The van der Waals surface area contributed by atoms with Gasteiger partial charge >= 0.3 is 0 Å². The number of hydrogen-bond acceptors (Lipinski definition) is 2. The minimum atomic E-state index is -0.221. The Bertz CT molecular complexity index is 853. The van der Waals surface area contributed by atoms with E-state index >= 15 is 0 Å². The van der Waals surface area contributed by atoms with Gasteiger partial charge in [-0.15, -0.1) is 0 Å². The van der Waals surface area contributed by atoms with Crippen LogP contribution in [0.15, 0.2) is 85.2 Å². The molecule has 4 nitrogen and oxygen atoms in total. The van der Waals surface area contributed by atoms with Gasteiger partial charge in [0, 0.05) is 6.07 Å². The molecule has 0 aliphatic heterocycles. The minimum Gasteiger partial charge on any atom is -0.340 e. The maximum atomic E-state index is 12.6. The number of carbonyl (C=O) groups excluding carboxylic acids is 2. The molecule has 0 bridgehead atoms. The van der Waals surface area contributed by atoms with Crippen LogP contribution in [-0.2, 0) is 11.3 Å². The molecule has 0 saturated carbocycles. The summed E-state index contributed by atoms with van der Waals surface area (Å²) in [6, 6.07) is 23.1. The first-order valence-corrected chi connectivity index (χ1v) is 8.53. The van der Waals surface area contributed by atoms with Crippen molar-refractivity contribution >= 4 is 11.7 Å². The van der Waals surface area contributed by atoms with E-state index in [4.69, 9.17) is 0 Å². The van der Waals surface area contributed by atoms with Gasteiger partial charge in [0.2, 0.25) is 6.54 Å². The standard InChI is InChI=1S/C22H20N2O2/c1-17(25)20-13-8-14-24(15-20)16-21(26)23-22(18-9-4-2-5-10-18)19-11-6-3-7-12-19/h2-15,22H,16H2,1H3/p+1. The van der Waals surface area contributed by atoms with Crippen LogP contribution in [0, 0.1) is 0 Å². The summed E-state index contributed by atoms with van der Waals surface area (Å²) in [7, 11) is 0. The number of nitrogens with zero attached hydrogens (tertiary/aromatic N) is 1. The van der Waals surface area contributed by atoms with E-state index in [-0.39, 0.29) is 24.3 Å². The molecule has 2 aromatic carbocycles. The molecule has 0 radical (unpaired) electrons. The predicted octanol–water partition coefficient (Wildman–Crippen LogP) is 3.08. The van der Waals surface area contributed by atoms with E-state index in [0.717, 1.165) is 11.1 Å². The monoisotopic (exact) mass is 345 g/mol. The lowest BCUT2D eigenvalue weighted by Gasteiger charge is -2.19. The molecular formula is C22H21N2O2+. The van der Waals surface area contributed by atoms with Crippen LogP contribution in [0.25, 0.3) is 0 Å². The fourth-order valence-electron chi connectivity index (χ4n) is 2.85. The van der Waals surface area contributed by atoms with Gasteiger partial charge in [-0.25, -0.2) is 0 Å². The second-order valence-corrected chi connectivity index (χ2v) is 6.14. The topological polar surface area (TPSA) is 50.0 Å². The highest BCUT2D eigenvalue weighted by Crippen LogP contribution is 2.21. The SMILES string of the molecule is CC(=O)c1ccc[n+](CC(=O)NC(c2ccccc2)c2ccccc2)c1. The largest absolute Gasteiger partial charge is 0.340 e. The van der Waals surface area contributed by atoms with E-state index in [1.54, 1.807) is 29.1 Å². The summed E-state index contributed by atoms with van der Waals surface area (Å²) in [5.74, 6) is -0.139. The summed E-state index contributed by atoms with van der Waals surface area (Å²) in [6.07, 6.45) is 3.48. The van der Waals surface area contributed by atoms with Crippen LogP contribution in [0.5, 0.6) is 0 Å². The fourth-order valence-corrected chi connectivity index (χ4v) is 2.85. The Balaban J connectivity index is 1.80. The zero-order valence-electron chi connectivity index (χ0n) is 14.6. The fraction of sp³-hybridized carbons (Fsp3) is 0.136. The van der Waals surface area contributed by atoms with Gasteiger partial charge in [0.15, 0.2) is 18.2 Å². The van der Waals surface area contributed by atoms with Gasteiger partial charge in [0.1, 0.15) is 0 Å². The van der Waals surface area contributed by atoms with Crippen molar-refractivity contribution < 1.29 is 14.2 Å². The molecule has 4 heteroatoms. The number of hydrogen-bond donors (Lipinski definition) is 1. The lowest BCUT2D eigenvalue weighted by atomic mass is 9.99. The Hall–Kier alpha value is -3.27. The molecule has 130 valence electrons. The Labute approximate surface area is 153 Å². The average Bonchev–Trinajstić information content (AvgIpc) is 2.67. The van der Waals surface area contributed by atoms with Crippen LogP contribution in [0.4, 0.5) is 0 Å². The Morgan fingerprint density at radius 1 is 0.885 bits per heavy atom. The van der Waals surface area contributed by atoms with Crippen molar-refractivity contribution in [3.8, 4) is 0 Å². The van der Waals surface area contributed by atoms with Gasteiger partial charge in [0.25, 0.3) is 5.91 Å². The van der Waals surface area contributed by atoms with Gasteiger partial charge in [-0.3, -0.25) is 9.59 Å². The van der Waals surface area contributed by atoms with Crippen molar-refractivity contribution in [3.63, 3.8) is 0 Å². The Kier molecular flexibility index (Phi) is 5.54. The first-order valence-electron chi connectivity index (χ1n) is 8.53. The summed E-state index contributed by atoms with van der Waals surface area (Å²) in [5.41, 5.74) is 2.63. The third-order valence-electron chi connectivity index (χ3n) is 4.16. The molecule has 1 N–H and O–H groups in total. The van der Waals surface area contributed by atoms with E-state index < -0.39 is 0 Å². The lowest BCUT2D eigenvalue weighted by molar-refractivity contribution is -0.684. The lowest BCUT2D eigenvalue weighted by Crippen LogP contribution is -2.44. The van der Waals surface area contributed by atoms with Gasteiger partial charge in [0.05, 0.1) is 11.6 Å². The molecule has 0 spiro atoms. The molecule has 1 heterocycles. The molecule has 0 fully saturated rings. The van der Waals surface area contributed by atoms with Gasteiger partial charge in [-0.05, 0) is 24.1 Å². The highest BCUT2D eigenvalue weighted by Gasteiger charge is 2.19. The van der Waals surface area contributed by atoms with Crippen molar-refractivity contribution in [2.45, 2.75) is 19.5 Å². The smallest absolute Gasteiger partial charge is 0.286 e. The number of amides is 1. The number of nitrogens with one attached hydrogen (secondary N) is 1. The van der Waals surface area contributed by atoms with E-state index in [2.05, 4.69) is 5.32 Å².